The van der Waals surface area contributed by atoms with Crippen LogP contribution in [-0.4, -0.2) is 40.8 Å². The van der Waals surface area contributed by atoms with Gasteiger partial charge in [-0.25, -0.2) is 23.1 Å². The highest BCUT2D eigenvalue weighted by atomic mass is 35.5. The molecule has 1 aromatic heterocycles. The van der Waals surface area contributed by atoms with Crippen molar-refractivity contribution >= 4 is 29.0 Å². The predicted molar refractivity (Wildman–Crippen MR) is 101 cm³/mol. The van der Waals surface area contributed by atoms with Gasteiger partial charge in [0.15, 0.2) is 5.54 Å². The van der Waals surface area contributed by atoms with E-state index in [9.17, 15) is 18.0 Å². The number of aromatic nitrogens is 2. The quantitative estimate of drug-likeness (QED) is 0.780. The fourth-order valence-electron chi connectivity index (χ4n) is 3.08. The van der Waals surface area contributed by atoms with Crippen LogP contribution in [0, 0.1) is 5.82 Å². The molecule has 0 aliphatic carbocycles. The third-order valence-corrected chi connectivity index (χ3v) is 4.67. The molecule has 1 aliphatic heterocycles. The van der Waals surface area contributed by atoms with Crippen LogP contribution in [0.25, 0.3) is 0 Å². The maximum atomic E-state index is 14.9. The van der Waals surface area contributed by atoms with E-state index in [4.69, 9.17) is 22.1 Å². The van der Waals surface area contributed by atoms with Gasteiger partial charge in [0.2, 0.25) is 5.82 Å². The number of hydrogen-bond donors (Lipinski definition) is 2. The maximum Gasteiger partial charge on any atom is 0.299 e. The summed E-state index contributed by atoms with van der Waals surface area (Å²) < 4.78 is 49.4. The Kier molecular flexibility index (Phi) is 5.76. The average Bonchev–Trinajstić information content (AvgIpc) is 2.79. The van der Waals surface area contributed by atoms with Crippen LogP contribution in [0.1, 0.15) is 29.5 Å². The van der Waals surface area contributed by atoms with E-state index in [1.807, 2.05) is 0 Å². The van der Waals surface area contributed by atoms with Crippen LogP contribution in [0.2, 0.25) is 5.02 Å². The lowest BCUT2D eigenvalue weighted by Gasteiger charge is -2.36. The summed E-state index contributed by atoms with van der Waals surface area (Å²) in [6.07, 6.45) is 2.21. The third-order valence-electron chi connectivity index (χ3n) is 4.48. The molecule has 0 radical (unpaired) electrons. The van der Waals surface area contributed by atoms with Gasteiger partial charge in [-0.2, -0.15) is 0 Å². The normalized spacial score (nSPS) is 21.2. The number of anilines is 1. The lowest BCUT2D eigenvalue weighted by Crippen LogP contribution is -2.47. The first-order valence-electron chi connectivity index (χ1n) is 8.57. The summed E-state index contributed by atoms with van der Waals surface area (Å²) >= 11 is 5.68. The minimum atomic E-state index is -3.54. The van der Waals surface area contributed by atoms with Crippen LogP contribution in [0.4, 0.5) is 18.9 Å². The van der Waals surface area contributed by atoms with Crippen molar-refractivity contribution in [3.63, 3.8) is 0 Å². The van der Waals surface area contributed by atoms with Crippen LogP contribution in [0.3, 0.4) is 0 Å². The van der Waals surface area contributed by atoms with Gasteiger partial charge in [0, 0.05) is 23.6 Å². The Morgan fingerprint density at radius 1 is 1.34 bits per heavy atom. The number of halogens is 4. The molecule has 2 aromatic rings. The summed E-state index contributed by atoms with van der Waals surface area (Å²) in [6.45, 7) is 0.186. The highest BCUT2D eigenvalue weighted by molar-refractivity contribution is 6.30. The summed E-state index contributed by atoms with van der Waals surface area (Å²) in [5.41, 5.74) is 3.04. The first-order valence-corrected chi connectivity index (χ1v) is 8.95. The van der Waals surface area contributed by atoms with E-state index < -0.39 is 35.4 Å². The molecule has 2 heterocycles. The van der Waals surface area contributed by atoms with Crippen molar-refractivity contribution in [3.8, 4) is 0 Å². The molecule has 1 aromatic carbocycles. The molecular formula is C18H17ClF3N5O2. The van der Waals surface area contributed by atoms with Crippen molar-refractivity contribution in [1.82, 2.24) is 9.97 Å². The zero-order chi connectivity index (χ0) is 21.2. The summed E-state index contributed by atoms with van der Waals surface area (Å²) in [6, 6.07) is 3.30. The van der Waals surface area contributed by atoms with Crippen molar-refractivity contribution in [2.45, 2.75) is 24.8 Å². The maximum absolute atomic E-state index is 14.9. The molecule has 1 atom stereocenters. The smallest absolute Gasteiger partial charge is 0.299 e. The molecule has 0 bridgehead atoms. The van der Waals surface area contributed by atoms with Gasteiger partial charge in [0.05, 0.1) is 5.02 Å². The Bertz CT molecular complexity index is 955. The van der Waals surface area contributed by atoms with Gasteiger partial charge in [-0.05, 0) is 24.6 Å². The van der Waals surface area contributed by atoms with E-state index in [1.54, 1.807) is 0 Å². The molecular weight excluding hydrogens is 411 g/mol. The van der Waals surface area contributed by atoms with Crippen LogP contribution < -0.4 is 11.1 Å². The van der Waals surface area contributed by atoms with E-state index in [-0.39, 0.29) is 35.4 Å². The molecule has 3 rings (SSSR count). The topological polar surface area (TPSA) is 102 Å². The van der Waals surface area contributed by atoms with Gasteiger partial charge in [0.1, 0.15) is 24.9 Å². The summed E-state index contributed by atoms with van der Waals surface area (Å²) in [4.78, 5) is 23.8. The molecule has 7 nitrogen and oxygen atoms in total. The van der Waals surface area contributed by atoms with Crippen LogP contribution in [0.5, 0.6) is 0 Å². The van der Waals surface area contributed by atoms with Crippen LogP contribution in [0.15, 0.2) is 35.6 Å². The number of nitrogens with one attached hydrogen (secondary N) is 1. The summed E-state index contributed by atoms with van der Waals surface area (Å²) in [5.74, 6) is -5.53. The summed E-state index contributed by atoms with van der Waals surface area (Å²) in [5, 5.41) is 2.69. The lowest BCUT2D eigenvalue weighted by atomic mass is 9.81. The fraction of sp³-hybridized carbons (Fsp3) is 0.333. The number of ether oxygens (including phenoxy) is 1. The Morgan fingerprint density at radius 3 is 2.69 bits per heavy atom. The highest BCUT2D eigenvalue weighted by Gasteiger charge is 2.56. The minimum absolute atomic E-state index is 0.0625. The minimum Gasteiger partial charge on any atom is -0.385 e. The number of nitrogens with two attached hydrogens (primary N) is 1. The molecule has 0 saturated heterocycles. The Morgan fingerprint density at radius 2 is 2.03 bits per heavy atom. The van der Waals surface area contributed by atoms with Crippen LogP contribution in [-0.2, 0) is 10.3 Å². The number of hydrogen-bond acceptors (Lipinski definition) is 6. The van der Waals surface area contributed by atoms with E-state index in [0.717, 1.165) is 12.1 Å². The molecule has 1 aliphatic rings. The number of alkyl halides is 2. The van der Waals surface area contributed by atoms with Crippen molar-refractivity contribution in [3.05, 3.63) is 52.8 Å². The number of rotatable bonds is 4. The van der Waals surface area contributed by atoms with Crippen molar-refractivity contribution < 1.29 is 22.7 Å². The Balaban J connectivity index is 2.02. The second kappa shape index (κ2) is 7.96. The molecule has 11 heteroatoms. The van der Waals surface area contributed by atoms with E-state index in [0.29, 0.717) is 0 Å². The van der Waals surface area contributed by atoms with Gasteiger partial charge < -0.3 is 15.8 Å². The second-order valence-electron chi connectivity index (χ2n) is 6.39. The average molecular weight is 428 g/mol. The molecule has 0 unspecified atom stereocenters. The number of carbonyl (C=O) groups is 1. The Labute approximate surface area is 169 Å². The van der Waals surface area contributed by atoms with E-state index in [1.165, 1.54) is 25.4 Å². The van der Waals surface area contributed by atoms with Crippen molar-refractivity contribution in [2.75, 3.05) is 18.5 Å². The molecule has 0 fully saturated rings. The fourth-order valence-corrected chi connectivity index (χ4v) is 3.18. The first-order chi connectivity index (χ1) is 13.7. The SMILES string of the molecule is CC[C@]1(c2cc(NC(=O)c3ncc(Cl)cn3)ccc2F)N=C(N)COCC1(F)F. The zero-order valence-electron chi connectivity index (χ0n) is 15.3. The molecule has 154 valence electrons. The van der Waals surface area contributed by atoms with Crippen molar-refractivity contribution in [1.29, 1.82) is 0 Å². The molecule has 3 N–H and O–H groups in total. The molecule has 1 amide bonds. The first kappa shape index (κ1) is 21.0. The molecule has 0 saturated carbocycles. The van der Waals surface area contributed by atoms with E-state index in [2.05, 4.69) is 20.3 Å². The van der Waals surface area contributed by atoms with Gasteiger partial charge in [0.25, 0.3) is 11.8 Å². The number of amidine groups is 1. The van der Waals surface area contributed by atoms with Crippen LogP contribution >= 0.6 is 11.6 Å². The number of benzene rings is 1. The second-order valence-corrected chi connectivity index (χ2v) is 6.82. The number of carbonyl (C=O) groups excluding carboxylic acids is 1. The number of nitrogens with zero attached hydrogens (tertiary/aromatic N) is 3. The van der Waals surface area contributed by atoms with Crippen molar-refractivity contribution in [2.24, 2.45) is 10.7 Å². The molecule has 29 heavy (non-hydrogen) atoms. The standard InChI is InChI=1S/C18H17ClF3N5O2/c1-2-17(18(21,22)9-29-8-14(23)27-17)12-5-11(3-4-13(12)20)26-16(28)15-24-6-10(19)7-25-15/h3-7H,2,8-9H2,1H3,(H2,23,27)(H,26,28)/t17-/m1/s1. The van der Waals surface area contributed by atoms with Gasteiger partial charge in [-0.15, -0.1) is 0 Å². The Hall–Kier alpha value is -2.72. The monoisotopic (exact) mass is 427 g/mol. The number of amides is 1. The third kappa shape index (κ3) is 4.03. The zero-order valence-corrected chi connectivity index (χ0v) is 16.0. The van der Waals surface area contributed by atoms with Gasteiger partial charge >= 0.3 is 0 Å². The lowest BCUT2D eigenvalue weighted by molar-refractivity contribution is -0.123. The number of aliphatic imine (C=N–C) groups is 1. The van der Waals surface area contributed by atoms with Gasteiger partial charge in [-0.1, -0.05) is 18.5 Å². The predicted octanol–water partition coefficient (Wildman–Crippen LogP) is 3.15. The van der Waals surface area contributed by atoms with Gasteiger partial charge in [-0.3, -0.25) is 9.79 Å². The molecule has 0 spiro atoms. The van der Waals surface area contributed by atoms with E-state index >= 15 is 0 Å². The largest absolute Gasteiger partial charge is 0.385 e. The highest BCUT2D eigenvalue weighted by Crippen LogP contribution is 2.46. The summed E-state index contributed by atoms with van der Waals surface area (Å²) in [7, 11) is 0.